The zero-order valence-corrected chi connectivity index (χ0v) is 11.1. The Bertz CT molecular complexity index is 618. The smallest absolute Gasteiger partial charge is 0.159 e. The molecular formula is C15H13N3S. The van der Waals surface area contributed by atoms with Gasteiger partial charge in [0, 0.05) is 17.0 Å². The highest BCUT2D eigenvalue weighted by Gasteiger charge is 2.00. The molecule has 3 nitrogen and oxygen atoms in total. The topological polar surface area (TPSA) is 37.8 Å². The van der Waals surface area contributed by atoms with Gasteiger partial charge < -0.3 is 5.32 Å². The number of anilines is 1. The molecule has 1 N–H and O–H groups in total. The second kappa shape index (κ2) is 5.63. The molecule has 2 heterocycles. The van der Waals surface area contributed by atoms with E-state index >= 15 is 0 Å². The van der Waals surface area contributed by atoms with Gasteiger partial charge in [0.05, 0.1) is 18.1 Å². The van der Waals surface area contributed by atoms with Gasteiger partial charge in [-0.25, -0.2) is 9.97 Å². The van der Waals surface area contributed by atoms with E-state index in [0.29, 0.717) is 0 Å². The van der Waals surface area contributed by atoms with Crippen LogP contribution >= 0.6 is 11.3 Å². The molecule has 0 aliphatic rings. The van der Waals surface area contributed by atoms with E-state index in [2.05, 4.69) is 32.8 Å². The van der Waals surface area contributed by atoms with E-state index in [1.54, 1.807) is 11.3 Å². The van der Waals surface area contributed by atoms with Gasteiger partial charge in [0.1, 0.15) is 0 Å². The normalized spacial score (nSPS) is 10.3. The Morgan fingerprint density at radius 1 is 0.947 bits per heavy atom. The minimum atomic E-state index is 0.752. The number of hydrogen-bond donors (Lipinski definition) is 1. The highest BCUT2D eigenvalue weighted by atomic mass is 32.1. The molecule has 3 rings (SSSR count). The van der Waals surface area contributed by atoms with Crippen molar-refractivity contribution in [2.45, 2.75) is 6.54 Å². The maximum Gasteiger partial charge on any atom is 0.159 e. The first-order chi connectivity index (χ1) is 9.42. The van der Waals surface area contributed by atoms with Gasteiger partial charge >= 0.3 is 0 Å². The Morgan fingerprint density at radius 3 is 2.42 bits per heavy atom. The quantitative estimate of drug-likeness (QED) is 0.781. The van der Waals surface area contributed by atoms with Crippen LogP contribution in [0, 0.1) is 0 Å². The highest BCUT2D eigenvalue weighted by Crippen LogP contribution is 2.16. The summed E-state index contributed by atoms with van der Waals surface area (Å²) in [7, 11) is 0. The van der Waals surface area contributed by atoms with Crippen LogP contribution in [-0.2, 0) is 6.54 Å². The number of rotatable bonds is 4. The Kier molecular flexibility index (Phi) is 3.51. The molecule has 0 bridgehead atoms. The fourth-order valence-corrected chi connectivity index (χ4v) is 2.40. The van der Waals surface area contributed by atoms with E-state index in [9.17, 15) is 0 Å². The van der Waals surface area contributed by atoms with Crippen LogP contribution in [0.2, 0.25) is 0 Å². The van der Waals surface area contributed by atoms with Crippen LogP contribution in [0.1, 0.15) is 4.88 Å². The lowest BCUT2D eigenvalue weighted by Crippen LogP contribution is -1.99. The van der Waals surface area contributed by atoms with Crippen LogP contribution in [0.15, 0.2) is 60.2 Å². The third-order valence-corrected chi connectivity index (χ3v) is 3.61. The maximum atomic E-state index is 4.38. The fourth-order valence-electron chi connectivity index (χ4n) is 1.76. The Balaban J connectivity index is 1.69. The van der Waals surface area contributed by atoms with Gasteiger partial charge in [-0.3, -0.25) is 0 Å². The molecule has 0 unspecified atom stereocenters. The largest absolute Gasteiger partial charge is 0.378 e. The monoisotopic (exact) mass is 267 g/mol. The SMILES string of the molecule is c1ccc(-c2ncc(NCc3cccs3)cn2)cc1. The van der Waals surface area contributed by atoms with Crippen LogP contribution in [0.5, 0.6) is 0 Å². The molecule has 2 aromatic heterocycles. The molecule has 0 radical (unpaired) electrons. The van der Waals surface area contributed by atoms with Crippen molar-refractivity contribution in [2.75, 3.05) is 5.32 Å². The first kappa shape index (κ1) is 11.9. The summed E-state index contributed by atoms with van der Waals surface area (Å²) in [4.78, 5) is 10.1. The van der Waals surface area contributed by atoms with Crippen LogP contribution in [-0.4, -0.2) is 9.97 Å². The number of nitrogens with zero attached hydrogens (tertiary/aromatic N) is 2. The lowest BCUT2D eigenvalue weighted by Gasteiger charge is -2.05. The van der Waals surface area contributed by atoms with E-state index in [4.69, 9.17) is 0 Å². The van der Waals surface area contributed by atoms with Gasteiger partial charge in [-0.15, -0.1) is 11.3 Å². The predicted octanol–water partition coefficient (Wildman–Crippen LogP) is 3.82. The third-order valence-electron chi connectivity index (χ3n) is 2.73. The fraction of sp³-hybridized carbons (Fsp3) is 0.0667. The molecule has 19 heavy (non-hydrogen) atoms. The minimum absolute atomic E-state index is 0.752. The predicted molar refractivity (Wildman–Crippen MR) is 79.1 cm³/mol. The van der Waals surface area contributed by atoms with E-state index in [-0.39, 0.29) is 0 Å². The van der Waals surface area contributed by atoms with Crippen molar-refractivity contribution in [3.63, 3.8) is 0 Å². The molecule has 0 saturated heterocycles. The molecule has 0 saturated carbocycles. The van der Waals surface area contributed by atoms with E-state index in [1.165, 1.54) is 4.88 Å². The van der Waals surface area contributed by atoms with Crippen molar-refractivity contribution < 1.29 is 0 Å². The van der Waals surface area contributed by atoms with Gasteiger partial charge in [0.15, 0.2) is 5.82 Å². The average molecular weight is 267 g/mol. The number of aromatic nitrogens is 2. The summed E-state index contributed by atoms with van der Waals surface area (Å²) < 4.78 is 0. The Hall–Kier alpha value is -2.20. The third kappa shape index (κ3) is 2.98. The van der Waals surface area contributed by atoms with Crippen LogP contribution in [0.4, 0.5) is 5.69 Å². The minimum Gasteiger partial charge on any atom is -0.378 e. The van der Waals surface area contributed by atoms with E-state index < -0.39 is 0 Å². The Labute approximate surface area is 116 Å². The summed E-state index contributed by atoms with van der Waals surface area (Å²) >= 11 is 1.74. The van der Waals surface area contributed by atoms with Crippen LogP contribution < -0.4 is 5.32 Å². The van der Waals surface area contributed by atoms with Gasteiger partial charge in [0.2, 0.25) is 0 Å². The first-order valence-electron chi connectivity index (χ1n) is 6.05. The summed E-state index contributed by atoms with van der Waals surface area (Å²) in [6.07, 6.45) is 3.64. The standard InChI is InChI=1S/C15H13N3S/c1-2-5-12(6-3-1)15-17-9-13(10-18-15)16-11-14-7-4-8-19-14/h1-10,16H,11H2. The first-order valence-corrected chi connectivity index (χ1v) is 6.93. The zero-order chi connectivity index (χ0) is 12.9. The second-order valence-corrected chi connectivity index (χ2v) is 5.13. The van der Waals surface area contributed by atoms with Crippen molar-refractivity contribution in [3.8, 4) is 11.4 Å². The van der Waals surface area contributed by atoms with Crippen molar-refractivity contribution in [3.05, 3.63) is 65.1 Å². The molecule has 4 heteroatoms. The number of nitrogens with one attached hydrogen (secondary N) is 1. The van der Waals surface area contributed by atoms with Gasteiger partial charge in [-0.2, -0.15) is 0 Å². The van der Waals surface area contributed by atoms with Crippen molar-refractivity contribution in [1.82, 2.24) is 9.97 Å². The molecule has 0 atom stereocenters. The van der Waals surface area contributed by atoms with E-state index in [1.807, 2.05) is 42.7 Å². The summed E-state index contributed by atoms with van der Waals surface area (Å²) in [5.41, 5.74) is 1.97. The Morgan fingerprint density at radius 2 is 1.74 bits per heavy atom. The van der Waals surface area contributed by atoms with E-state index in [0.717, 1.165) is 23.6 Å². The van der Waals surface area contributed by atoms with Gasteiger partial charge in [-0.05, 0) is 11.4 Å². The molecule has 1 aromatic carbocycles. The maximum absolute atomic E-state index is 4.38. The summed E-state index contributed by atoms with van der Waals surface area (Å²) in [6, 6.07) is 14.1. The van der Waals surface area contributed by atoms with Crippen molar-refractivity contribution in [1.29, 1.82) is 0 Å². The highest BCUT2D eigenvalue weighted by molar-refractivity contribution is 7.09. The molecule has 0 aliphatic carbocycles. The molecule has 3 aromatic rings. The molecule has 0 amide bonds. The molecule has 0 spiro atoms. The molecule has 94 valence electrons. The van der Waals surface area contributed by atoms with Crippen LogP contribution in [0.3, 0.4) is 0 Å². The van der Waals surface area contributed by atoms with Crippen molar-refractivity contribution in [2.24, 2.45) is 0 Å². The van der Waals surface area contributed by atoms with Gasteiger partial charge in [0.25, 0.3) is 0 Å². The zero-order valence-electron chi connectivity index (χ0n) is 10.3. The number of benzene rings is 1. The summed E-state index contributed by atoms with van der Waals surface area (Å²) in [5, 5.41) is 5.39. The summed E-state index contributed by atoms with van der Waals surface area (Å²) in [6.45, 7) is 0.811. The van der Waals surface area contributed by atoms with Crippen LogP contribution in [0.25, 0.3) is 11.4 Å². The average Bonchev–Trinajstić information content (AvgIpc) is 3.00. The molecule has 0 fully saturated rings. The lowest BCUT2D eigenvalue weighted by atomic mass is 10.2. The van der Waals surface area contributed by atoms with Gasteiger partial charge in [-0.1, -0.05) is 36.4 Å². The second-order valence-electron chi connectivity index (χ2n) is 4.09. The lowest BCUT2D eigenvalue weighted by molar-refractivity contribution is 1.12. The molecular weight excluding hydrogens is 254 g/mol. The van der Waals surface area contributed by atoms with Crippen molar-refractivity contribution >= 4 is 17.0 Å². The summed E-state index contributed by atoms with van der Waals surface area (Å²) in [5.74, 6) is 0.752. The molecule has 0 aliphatic heterocycles. The number of hydrogen-bond acceptors (Lipinski definition) is 4. The number of thiophene rings is 1.